The van der Waals surface area contributed by atoms with E-state index in [1.807, 2.05) is 11.8 Å². The summed E-state index contributed by atoms with van der Waals surface area (Å²) in [6.07, 6.45) is 1.84. The van der Waals surface area contributed by atoms with E-state index in [1.54, 1.807) is 37.3 Å². The largest absolute Gasteiger partial charge is 0.478 e. The summed E-state index contributed by atoms with van der Waals surface area (Å²) in [5, 5.41) is 9.42. The predicted octanol–water partition coefficient (Wildman–Crippen LogP) is 2.88. The summed E-state index contributed by atoms with van der Waals surface area (Å²) in [5.41, 5.74) is 2.21. The minimum atomic E-state index is -0.978. The van der Waals surface area contributed by atoms with Crippen molar-refractivity contribution in [2.24, 2.45) is 0 Å². The topological polar surface area (TPSA) is 83.4 Å². The molecule has 1 saturated heterocycles. The van der Waals surface area contributed by atoms with Gasteiger partial charge in [0.2, 0.25) is 5.91 Å². The van der Waals surface area contributed by atoms with Crippen LogP contribution in [0, 0.1) is 6.92 Å². The maximum Gasteiger partial charge on any atom is 0.336 e. The number of nitrogens with zero attached hydrogens (tertiary/aromatic N) is 3. The van der Waals surface area contributed by atoms with Crippen LogP contribution in [-0.4, -0.2) is 44.9 Å². The Morgan fingerprint density at radius 3 is 2.72 bits per heavy atom. The molecule has 0 saturated carbocycles. The molecule has 3 rings (SSSR count). The van der Waals surface area contributed by atoms with E-state index in [1.165, 1.54) is 0 Å². The van der Waals surface area contributed by atoms with Gasteiger partial charge in [0, 0.05) is 37.2 Å². The van der Waals surface area contributed by atoms with E-state index in [0.717, 1.165) is 25.1 Å². The molecular formula is C19H21N3O3. The fraction of sp³-hybridized carbons (Fsp3) is 0.368. The highest BCUT2D eigenvalue weighted by atomic mass is 16.4. The first-order chi connectivity index (χ1) is 12.0. The number of aromatic carboxylic acids is 1. The van der Waals surface area contributed by atoms with Crippen LogP contribution < -0.4 is 0 Å². The molecule has 130 valence electrons. The molecule has 6 nitrogen and oxygen atoms in total. The summed E-state index contributed by atoms with van der Waals surface area (Å²) < 4.78 is 0. The Hall–Kier alpha value is -2.76. The zero-order valence-electron chi connectivity index (χ0n) is 14.4. The molecule has 0 bridgehead atoms. The van der Waals surface area contributed by atoms with Crippen LogP contribution in [0.25, 0.3) is 11.3 Å². The van der Waals surface area contributed by atoms with Crippen LogP contribution >= 0.6 is 0 Å². The van der Waals surface area contributed by atoms with Gasteiger partial charge in [-0.3, -0.25) is 4.79 Å². The van der Waals surface area contributed by atoms with Crippen molar-refractivity contribution in [2.45, 2.75) is 32.6 Å². The maximum absolute atomic E-state index is 11.7. The summed E-state index contributed by atoms with van der Waals surface area (Å²) >= 11 is 0. The average molecular weight is 339 g/mol. The van der Waals surface area contributed by atoms with E-state index in [9.17, 15) is 14.7 Å². The number of aromatic nitrogens is 2. The third-order valence-corrected chi connectivity index (χ3v) is 4.54. The van der Waals surface area contributed by atoms with Crippen molar-refractivity contribution in [3.05, 3.63) is 47.4 Å². The highest BCUT2D eigenvalue weighted by molar-refractivity contribution is 5.95. The molecule has 25 heavy (non-hydrogen) atoms. The summed E-state index contributed by atoms with van der Waals surface area (Å²) in [5.74, 6) is -0.155. The predicted molar refractivity (Wildman–Crippen MR) is 93.4 cm³/mol. The summed E-state index contributed by atoms with van der Waals surface area (Å²) in [7, 11) is 0. The van der Waals surface area contributed by atoms with Gasteiger partial charge in [-0.2, -0.15) is 0 Å². The van der Waals surface area contributed by atoms with Gasteiger partial charge in [0.15, 0.2) is 0 Å². The normalized spacial score (nSPS) is 17.4. The van der Waals surface area contributed by atoms with Crippen LogP contribution in [0.4, 0.5) is 0 Å². The second-order valence-electron chi connectivity index (χ2n) is 6.41. The number of likely N-dealkylation sites (tertiary alicyclic amines) is 1. The highest BCUT2D eigenvalue weighted by Gasteiger charge is 2.25. The number of benzene rings is 1. The minimum Gasteiger partial charge on any atom is -0.478 e. The quantitative estimate of drug-likeness (QED) is 0.929. The van der Waals surface area contributed by atoms with E-state index in [4.69, 9.17) is 0 Å². The number of hydrogen-bond donors (Lipinski definition) is 1. The van der Waals surface area contributed by atoms with Crippen molar-refractivity contribution in [2.75, 3.05) is 13.1 Å². The van der Waals surface area contributed by atoms with Gasteiger partial charge in [-0.05, 0) is 31.9 Å². The van der Waals surface area contributed by atoms with Crippen LogP contribution in [0.5, 0.6) is 0 Å². The first kappa shape index (κ1) is 17.1. The third kappa shape index (κ3) is 3.68. The lowest BCUT2D eigenvalue weighted by molar-refractivity contribution is -0.130. The Balaban J connectivity index is 1.99. The number of carboxylic acids is 1. The third-order valence-electron chi connectivity index (χ3n) is 4.54. The van der Waals surface area contributed by atoms with Crippen LogP contribution in [0.3, 0.4) is 0 Å². The zero-order chi connectivity index (χ0) is 18.0. The van der Waals surface area contributed by atoms with E-state index >= 15 is 0 Å². The number of rotatable bonds is 3. The number of hydrogen-bond acceptors (Lipinski definition) is 4. The Morgan fingerprint density at radius 2 is 2.00 bits per heavy atom. The number of carbonyl (C=O) groups excluding carboxylic acids is 1. The average Bonchev–Trinajstić information content (AvgIpc) is 2.61. The van der Waals surface area contributed by atoms with E-state index < -0.39 is 5.97 Å². The van der Waals surface area contributed by atoms with Crippen LogP contribution in [0.2, 0.25) is 0 Å². The molecule has 1 N–H and O–H groups in total. The Bertz CT molecular complexity index is 819. The van der Waals surface area contributed by atoms with Crippen molar-refractivity contribution in [3.8, 4) is 11.3 Å². The van der Waals surface area contributed by atoms with Gasteiger partial charge < -0.3 is 10.0 Å². The van der Waals surface area contributed by atoms with Gasteiger partial charge in [-0.15, -0.1) is 0 Å². The number of amides is 1. The van der Waals surface area contributed by atoms with Crippen molar-refractivity contribution in [1.29, 1.82) is 0 Å². The first-order valence-electron chi connectivity index (χ1n) is 8.39. The molecule has 1 unspecified atom stereocenters. The molecule has 0 radical (unpaired) electrons. The molecule has 1 fully saturated rings. The van der Waals surface area contributed by atoms with Gasteiger partial charge in [0.05, 0.1) is 11.3 Å². The number of aryl methyl sites for hydroxylation is 1. The molecule has 1 aliphatic heterocycles. The lowest BCUT2D eigenvalue weighted by Gasteiger charge is -2.31. The summed E-state index contributed by atoms with van der Waals surface area (Å²) in [6.45, 7) is 4.84. The van der Waals surface area contributed by atoms with Crippen molar-refractivity contribution < 1.29 is 14.7 Å². The fourth-order valence-electron chi connectivity index (χ4n) is 3.28. The molecule has 1 aromatic heterocycles. The van der Waals surface area contributed by atoms with Crippen LogP contribution in [0.15, 0.2) is 30.3 Å². The standard InChI is InChI=1S/C19H21N3O3/c1-12-10-17(15-7-3-4-8-16(15)19(24)25)21-18(20-12)14-6-5-9-22(11-14)13(2)23/h3-4,7-8,10,14H,5-6,9,11H2,1-2H3,(H,24,25). The van der Waals surface area contributed by atoms with Gasteiger partial charge in [-0.1, -0.05) is 18.2 Å². The minimum absolute atomic E-state index is 0.0637. The second kappa shape index (κ2) is 7.01. The Kier molecular flexibility index (Phi) is 4.79. The molecule has 1 atom stereocenters. The van der Waals surface area contributed by atoms with Crippen LogP contribution in [0.1, 0.15) is 47.6 Å². The number of carboxylic acid groups (broad SMARTS) is 1. The lowest BCUT2D eigenvalue weighted by Crippen LogP contribution is -2.38. The summed E-state index contributed by atoms with van der Waals surface area (Å²) in [6, 6.07) is 8.65. The van der Waals surface area contributed by atoms with Gasteiger partial charge >= 0.3 is 5.97 Å². The molecular weight excluding hydrogens is 318 g/mol. The Morgan fingerprint density at radius 1 is 1.24 bits per heavy atom. The first-order valence-corrected chi connectivity index (χ1v) is 8.39. The molecule has 0 spiro atoms. The monoisotopic (exact) mass is 339 g/mol. The number of piperidine rings is 1. The van der Waals surface area contributed by atoms with Crippen molar-refractivity contribution in [3.63, 3.8) is 0 Å². The van der Waals surface area contributed by atoms with E-state index in [0.29, 0.717) is 23.6 Å². The van der Waals surface area contributed by atoms with E-state index in [2.05, 4.69) is 9.97 Å². The van der Waals surface area contributed by atoms with Gasteiger partial charge in [-0.25, -0.2) is 14.8 Å². The molecule has 2 aromatic rings. The smallest absolute Gasteiger partial charge is 0.336 e. The molecule has 1 aromatic carbocycles. The Labute approximate surface area is 146 Å². The van der Waals surface area contributed by atoms with E-state index in [-0.39, 0.29) is 17.4 Å². The molecule has 2 heterocycles. The molecule has 0 aliphatic carbocycles. The maximum atomic E-state index is 11.7. The second-order valence-corrected chi connectivity index (χ2v) is 6.41. The fourth-order valence-corrected chi connectivity index (χ4v) is 3.28. The van der Waals surface area contributed by atoms with Crippen molar-refractivity contribution >= 4 is 11.9 Å². The molecule has 1 amide bonds. The lowest BCUT2D eigenvalue weighted by atomic mass is 9.96. The highest BCUT2D eigenvalue weighted by Crippen LogP contribution is 2.28. The van der Waals surface area contributed by atoms with Crippen molar-refractivity contribution in [1.82, 2.24) is 14.9 Å². The van der Waals surface area contributed by atoms with Crippen LogP contribution in [-0.2, 0) is 4.79 Å². The number of carbonyl (C=O) groups is 2. The SMILES string of the molecule is CC(=O)N1CCCC(c2nc(C)cc(-c3ccccc3C(=O)O)n2)C1. The van der Waals surface area contributed by atoms with Gasteiger partial charge in [0.25, 0.3) is 0 Å². The van der Waals surface area contributed by atoms with Gasteiger partial charge in [0.1, 0.15) is 5.82 Å². The molecule has 1 aliphatic rings. The zero-order valence-corrected chi connectivity index (χ0v) is 14.4. The molecule has 6 heteroatoms. The summed E-state index contributed by atoms with van der Waals surface area (Å²) in [4.78, 5) is 34.2.